The molecule has 1 unspecified atom stereocenters. The zero-order valence-corrected chi connectivity index (χ0v) is 17.5. The van der Waals surface area contributed by atoms with Crippen molar-refractivity contribution >= 4 is 13.7 Å². The summed E-state index contributed by atoms with van der Waals surface area (Å²) in [7, 11) is -3.21. The van der Waals surface area contributed by atoms with Gasteiger partial charge in [-0.3, -0.25) is 9.32 Å². The molecule has 0 aromatic heterocycles. The van der Waals surface area contributed by atoms with Crippen molar-refractivity contribution in [1.29, 1.82) is 0 Å². The number of benzene rings is 1. The molecule has 0 saturated heterocycles. The minimum absolute atomic E-state index is 0.179. The molecule has 27 heavy (non-hydrogen) atoms. The largest absolute Gasteiger partial charge is 0.497 e. The molecule has 0 aliphatic heterocycles. The third-order valence-corrected chi connectivity index (χ3v) is 5.00. The number of unbranched alkanes of at least 4 members (excludes halogenated alkanes) is 4. The Labute approximate surface area is 161 Å². The van der Waals surface area contributed by atoms with E-state index < -0.39 is 19.5 Å². The molecule has 1 rings (SSSR count). The fourth-order valence-corrected chi connectivity index (χ4v) is 3.68. The van der Waals surface area contributed by atoms with Gasteiger partial charge in [-0.15, -0.1) is 0 Å². The molecule has 154 valence electrons. The molecule has 0 fully saturated rings. The summed E-state index contributed by atoms with van der Waals surface area (Å²) in [5.74, 6) is 0.403. The molecule has 3 N–H and O–H groups in total. The molecule has 0 heterocycles. The monoisotopic (exact) mass is 401 g/mol. The second kappa shape index (κ2) is 10.8. The Balaban J connectivity index is 2.94. The van der Waals surface area contributed by atoms with Gasteiger partial charge in [0.05, 0.1) is 18.8 Å². The lowest BCUT2D eigenvalue weighted by molar-refractivity contribution is -0.123. The Bertz CT molecular complexity index is 643. The first-order valence-corrected chi connectivity index (χ1v) is 10.8. The lowest BCUT2D eigenvalue weighted by atomic mass is 9.91. The van der Waals surface area contributed by atoms with E-state index in [2.05, 4.69) is 12.2 Å². The number of carbonyl (C=O) groups excluding carboxylic acids is 1. The summed E-state index contributed by atoms with van der Waals surface area (Å²) in [6, 6.07) is 6.25. The van der Waals surface area contributed by atoms with Gasteiger partial charge in [0, 0.05) is 6.42 Å². The highest BCUT2D eigenvalue weighted by Gasteiger charge is 2.38. The predicted octanol–water partition coefficient (Wildman–Crippen LogP) is 4.10. The van der Waals surface area contributed by atoms with E-state index in [-0.39, 0.29) is 5.91 Å². The zero-order chi connectivity index (χ0) is 20.5. The molecule has 0 aliphatic rings. The Morgan fingerprint density at radius 3 is 2.48 bits per heavy atom. The van der Waals surface area contributed by atoms with Gasteiger partial charge in [0.25, 0.3) is 0 Å². The van der Waals surface area contributed by atoms with Crippen LogP contribution < -0.4 is 10.1 Å². The Hall–Kier alpha value is -1.40. The van der Waals surface area contributed by atoms with Crippen LogP contribution in [0.1, 0.15) is 70.9 Å². The Kier molecular flexibility index (Phi) is 9.47. The van der Waals surface area contributed by atoms with E-state index in [0.29, 0.717) is 17.7 Å². The highest BCUT2D eigenvalue weighted by Crippen LogP contribution is 2.45. The van der Waals surface area contributed by atoms with Crippen LogP contribution in [0.25, 0.3) is 0 Å². The second-order valence-corrected chi connectivity index (χ2v) is 8.29. The molecule has 1 aromatic carbocycles. The number of methoxy groups -OCH3 is 1. The summed E-state index contributed by atoms with van der Waals surface area (Å²) in [5, 5.41) is 2.88. The minimum atomic E-state index is -4.74. The van der Waals surface area contributed by atoms with E-state index in [4.69, 9.17) is 9.26 Å². The average Bonchev–Trinajstić information content (AvgIpc) is 2.57. The molecule has 0 spiro atoms. The fourth-order valence-electron chi connectivity index (χ4n) is 2.96. The summed E-state index contributed by atoms with van der Waals surface area (Å²) in [6.07, 6.45) is 5.49. The molecule has 1 atom stereocenters. The fraction of sp³-hybridized carbons (Fsp3) is 0.632. The van der Waals surface area contributed by atoms with Gasteiger partial charge < -0.3 is 19.8 Å². The minimum Gasteiger partial charge on any atom is -0.497 e. The van der Waals surface area contributed by atoms with Crippen LogP contribution in [0.15, 0.2) is 24.3 Å². The lowest BCUT2D eigenvalue weighted by Gasteiger charge is -2.35. The van der Waals surface area contributed by atoms with E-state index in [1.165, 1.54) is 21.0 Å². The van der Waals surface area contributed by atoms with Gasteiger partial charge in [0.2, 0.25) is 5.91 Å². The lowest BCUT2D eigenvalue weighted by Crippen LogP contribution is -2.43. The summed E-state index contributed by atoms with van der Waals surface area (Å²) in [6.45, 7) is 5.21. The summed E-state index contributed by atoms with van der Waals surface area (Å²) in [5.41, 5.74) is -0.685. The number of nitrogens with one attached hydrogen (secondary N) is 1. The van der Waals surface area contributed by atoms with E-state index in [1.807, 2.05) is 0 Å². The third-order valence-electron chi connectivity index (χ3n) is 4.29. The summed E-state index contributed by atoms with van der Waals surface area (Å²) in [4.78, 5) is 31.0. The van der Waals surface area contributed by atoms with Gasteiger partial charge >= 0.3 is 7.82 Å². The van der Waals surface area contributed by atoms with Gasteiger partial charge in [0.15, 0.2) is 0 Å². The number of amides is 1. The molecule has 0 saturated carbocycles. The molecule has 1 amide bonds. The van der Waals surface area contributed by atoms with E-state index in [0.717, 1.165) is 32.1 Å². The highest BCUT2D eigenvalue weighted by atomic mass is 31.2. The predicted molar refractivity (Wildman–Crippen MR) is 104 cm³/mol. The molecular formula is C19H32NO6P. The number of carbonyl (C=O) groups is 1. The van der Waals surface area contributed by atoms with Gasteiger partial charge in [-0.05, 0) is 38.0 Å². The quantitative estimate of drug-likeness (QED) is 0.360. The van der Waals surface area contributed by atoms with Gasteiger partial charge in [-0.1, -0.05) is 44.7 Å². The Morgan fingerprint density at radius 2 is 1.89 bits per heavy atom. The number of rotatable bonds is 12. The van der Waals surface area contributed by atoms with Crippen LogP contribution in [-0.4, -0.2) is 28.4 Å². The number of hydrogen-bond acceptors (Lipinski definition) is 4. The molecule has 0 bridgehead atoms. The van der Waals surface area contributed by atoms with Gasteiger partial charge in [-0.25, -0.2) is 4.57 Å². The summed E-state index contributed by atoms with van der Waals surface area (Å²) < 4.78 is 21.6. The van der Waals surface area contributed by atoms with Crippen molar-refractivity contribution in [1.82, 2.24) is 5.32 Å². The highest BCUT2D eigenvalue weighted by molar-refractivity contribution is 7.46. The van der Waals surface area contributed by atoms with Gasteiger partial charge in [0.1, 0.15) is 5.75 Å². The first-order chi connectivity index (χ1) is 12.6. The maximum absolute atomic E-state index is 12.4. The van der Waals surface area contributed by atoms with Crippen molar-refractivity contribution in [3.8, 4) is 5.75 Å². The zero-order valence-electron chi connectivity index (χ0n) is 16.6. The summed E-state index contributed by atoms with van der Waals surface area (Å²) >= 11 is 0. The number of phosphoric ester groups is 1. The SMILES string of the molecule is CCCCCCCC(=O)NC(c1cccc(OC)c1)C(C)(C)OP(=O)(O)O. The van der Waals surface area contributed by atoms with Crippen molar-refractivity contribution in [2.75, 3.05) is 7.11 Å². The maximum Gasteiger partial charge on any atom is 0.470 e. The van der Waals surface area contributed by atoms with E-state index in [9.17, 15) is 19.1 Å². The normalized spacial score (nSPS) is 13.3. The first kappa shape index (κ1) is 23.6. The average molecular weight is 401 g/mol. The van der Waals surface area contributed by atoms with Crippen LogP contribution in [0.4, 0.5) is 0 Å². The molecule has 0 radical (unpaired) electrons. The second-order valence-electron chi connectivity index (χ2n) is 7.13. The molecular weight excluding hydrogens is 369 g/mol. The molecule has 1 aromatic rings. The van der Waals surface area contributed by atoms with Crippen molar-refractivity contribution in [3.05, 3.63) is 29.8 Å². The standard InChI is InChI=1S/C19H32NO6P/c1-5-6-7-8-9-13-17(21)20-18(19(2,3)26-27(22,23)24)15-11-10-12-16(14-15)25-4/h10-12,14,18H,5-9,13H2,1-4H3,(H,20,21)(H2,22,23,24). The van der Waals surface area contributed by atoms with Crippen molar-refractivity contribution < 1.29 is 28.4 Å². The van der Waals surface area contributed by atoms with Crippen LogP contribution in [-0.2, 0) is 13.9 Å². The van der Waals surface area contributed by atoms with Crippen LogP contribution in [0, 0.1) is 0 Å². The van der Waals surface area contributed by atoms with Gasteiger partial charge in [-0.2, -0.15) is 0 Å². The van der Waals surface area contributed by atoms with Crippen LogP contribution in [0.2, 0.25) is 0 Å². The Morgan fingerprint density at radius 1 is 1.22 bits per heavy atom. The molecule has 0 aliphatic carbocycles. The first-order valence-electron chi connectivity index (χ1n) is 9.28. The number of hydrogen-bond donors (Lipinski definition) is 3. The van der Waals surface area contributed by atoms with E-state index >= 15 is 0 Å². The van der Waals surface area contributed by atoms with Crippen LogP contribution in [0.3, 0.4) is 0 Å². The van der Waals surface area contributed by atoms with Crippen molar-refractivity contribution in [2.45, 2.75) is 70.9 Å². The van der Waals surface area contributed by atoms with Crippen molar-refractivity contribution in [2.24, 2.45) is 0 Å². The smallest absolute Gasteiger partial charge is 0.470 e. The van der Waals surface area contributed by atoms with Crippen molar-refractivity contribution in [3.63, 3.8) is 0 Å². The van der Waals surface area contributed by atoms with Crippen LogP contribution in [0.5, 0.6) is 5.75 Å². The molecule has 7 nitrogen and oxygen atoms in total. The topological polar surface area (TPSA) is 105 Å². The third kappa shape index (κ3) is 8.89. The molecule has 8 heteroatoms. The van der Waals surface area contributed by atoms with E-state index in [1.54, 1.807) is 24.3 Å². The van der Waals surface area contributed by atoms with Crippen LogP contribution >= 0.6 is 7.82 Å². The number of phosphoric acid groups is 1. The number of ether oxygens (including phenoxy) is 1. The maximum atomic E-state index is 12.4.